The van der Waals surface area contributed by atoms with Gasteiger partial charge in [-0.3, -0.25) is 4.79 Å². The number of hydrogen-bond donors (Lipinski definition) is 1. The molecule has 3 heteroatoms. The van der Waals surface area contributed by atoms with E-state index in [4.69, 9.17) is 0 Å². The van der Waals surface area contributed by atoms with Gasteiger partial charge in [-0.15, -0.1) is 0 Å². The first-order chi connectivity index (χ1) is 7.65. The summed E-state index contributed by atoms with van der Waals surface area (Å²) >= 11 is 0. The maximum absolute atomic E-state index is 11.9. The van der Waals surface area contributed by atoms with Crippen molar-refractivity contribution in [2.45, 2.75) is 40.0 Å². The van der Waals surface area contributed by atoms with Crippen molar-refractivity contribution in [1.82, 2.24) is 10.2 Å². The molecule has 1 saturated heterocycles. The number of carbonyl (C=O) groups excluding carboxylic acids is 1. The third-order valence-corrected chi connectivity index (χ3v) is 3.60. The summed E-state index contributed by atoms with van der Waals surface area (Å²) in [5.41, 5.74) is 0. The van der Waals surface area contributed by atoms with Gasteiger partial charge in [0.05, 0.1) is 0 Å². The van der Waals surface area contributed by atoms with Crippen LogP contribution >= 0.6 is 0 Å². The van der Waals surface area contributed by atoms with Gasteiger partial charge >= 0.3 is 0 Å². The Bertz CT molecular complexity index is 216. The van der Waals surface area contributed by atoms with Gasteiger partial charge in [0.2, 0.25) is 5.91 Å². The van der Waals surface area contributed by atoms with Gasteiger partial charge in [0.15, 0.2) is 0 Å². The molecule has 3 nitrogen and oxygen atoms in total. The van der Waals surface area contributed by atoms with Gasteiger partial charge in [0.1, 0.15) is 0 Å². The Morgan fingerprint density at radius 3 is 2.81 bits per heavy atom. The molecule has 0 bridgehead atoms. The van der Waals surface area contributed by atoms with Crippen molar-refractivity contribution in [3.8, 4) is 0 Å². The molecule has 1 aliphatic heterocycles. The molecule has 1 aliphatic rings. The van der Waals surface area contributed by atoms with Gasteiger partial charge in [-0.25, -0.2) is 0 Å². The largest absolute Gasteiger partial charge is 0.341 e. The van der Waals surface area contributed by atoms with Gasteiger partial charge < -0.3 is 10.2 Å². The normalized spacial score (nSPS) is 22.6. The molecule has 16 heavy (non-hydrogen) atoms. The highest BCUT2D eigenvalue weighted by atomic mass is 16.2. The molecule has 1 amide bonds. The van der Waals surface area contributed by atoms with Crippen LogP contribution in [0, 0.1) is 11.8 Å². The van der Waals surface area contributed by atoms with Crippen molar-refractivity contribution in [2.24, 2.45) is 11.8 Å². The Labute approximate surface area is 99.6 Å². The van der Waals surface area contributed by atoms with E-state index < -0.39 is 0 Å². The minimum Gasteiger partial charge on any atom is -0.341 e. The summed E-state index contributed by atoms with van der Waals surface area (Å²) in [7, 11) is 0. The van der Waals surface area contributed by atoms with Crippen LogP contribution in [0.4, 0.5) is 0 Å². The highest BCUT2D eigenvalue weighted by Crippen LogP contribution is 2.24. The van der Waals surface area contributed by atoms with Crippen molar-refractivity contribution < 1.29 is 4.79 Å². The number of carbonyl (C=O) groups is 1. The lowest BCUT2D eigenvalue weighted by Gasteiger charge is -2.21. The molecular weight excluding hydrogens is 200 g/mol. The summed E-state index contributed by atoms with van der Waals surface area (Å²) in [4.78, 5) is 13.9. The van der Waals surface area contributed by atoms with Crippen molar-refractivity contribution in [1.29, 1.82) is 0 Å². The van der Waals surface area contributed by atoms with Crippen LogP contribution in [-0.2, 0) is 4.79 Å². The molecule has 0 spiro atoms. The van der Waals surface area contributed by atoms with Crippen molar-refractivity contribution in [3.63, 3.8) is 0 Å². The zero-order valence-electron chi connectivity index (χ0n) is 11.0. The minimum atomic E-state index is 0.348. The average molecular weight is 226 g/mol. The molecule has 0 aromatic heterocycles. The van der Waals surface area contributed by atoms with Crippen LogP contribution in [-0.4, -0.2) is 37.0 Å². The summed E-state index contributed by atoms with van der Waals surface area (Å²) in [6.07, 6.45) is 3.00. The summed E-state index contributed by atoms with van der Waals surface area (Å²) in [5, 5.41) is 3.28. The van der Waals surface area contributed by atoms with Crippen molar-refractivity contribution in [2.75, 3.05) is 26.2 Å². The zero-order chi connectivity index (χ0) is 12.0. The fourth-order valence-corrected chi connectivity index (χ4v) is 2.35. The monoisotopic (exact) mass is 226 g/mol. The molecule has 0 radical (unpaired) electrons. The van der Waals surface area contributed by atoms with Gasteiger partial charge in [-0.05, 0) is 31.2 Å². The maximum Gasteiger partial charge on any atom is 0.222 e. The minimum absolute atomic E-state index is 0.348. The molecule has 1 fully saturated rings. The van der Waals surface area contributed by atoms with Crippen LogP contribution in [0.2, 0.25) is 0 Å². The van der Waals surface area contributed by atoms with Crippen LogP contribution < -0.4 is 5.32 Å². The van der Waals surface area contributed by atoms with E-state index in [-0.39, 0.29) is 0 Å². The summed E-state index contributed by atoms with van der Waals surface area (Å²) < 4.78 is 0. The molecule has 1 N–H and O–H groups in total. The quantitative estimate of drug-likeness (QED) is 0.726. The number of likely N-dealkylation sites (tertiary alicyclic amines) is 1. The SMILES string of the molecule is CCNCCN1CCC(C(C)C)CCC1=O. The number of nitrogens with zero attached hydrogens (tertiary/aromatic N) is 1. The molecule has 94 valence electrons. The molecule has 0 aliphatic carbocycles. The van der Waals surface area contributed by atoms with E-state index in [0.29, 0.717) is 11.8 Å². The molecule has 0 saturated carbocycles. The van der Waals surface area contributed by atoms with Crippen LogP contribution in [0.1, 0.15) is 40.0 Å². The first-order valence-corrected chi connectivity index (χ1v) is 6.63. The number of nitrogens with one attached hydrogen (secondary N) is 1. The summed E-state index contributed by atoms with van der Waals surface area (Å²) in [6.45, 7) is 10.4. The van der Waals surface area contributed by atoms with E-state index in [0.717, 1.165) is 44.9 Å². The van der Waals surface area contributed by atoms with Crippen LogP contribution in [0.15, 0.2) is 0 Å². The Hall–Kier alpha value is -0.570. The first-order valence-electron chi connectivity index (χ1n) is 6.63. The van der Waals surface area contributed by atoms with E-state index >= 15 is 0 Å². The number of hydrogen-bond acceptors (Lipinski definition) is 2. The lowest BCUT2D eigenvalue weighted by Crippen LogP contribution is -2.36. The van der Waals surface area contributed by atoms with Gasteiger partial charge in [-0.2, -0.15) is 0 Å². The lowest BCUT2D eigenvalue weighted by molar-refractivity contribution is -0.130. The zero-order valence-corrected chi connectivity index (χ0v) is 11.0. The van der Waals surface area contributed by atoms with Crippen LogP contribution in [0.3, 0.4) is 0 Å². The molecular formula is C13H26N2O. The molecule has 1 rings (SSSR count). The Balaban J connectivity index is 2.38. The Kier molecular flexibility index (Phi) is 5.81. The van der Waals surface area contributed by atoms with E-state index in [1.54, 1.807) is 0 Å². The molecule has 0 aromatic carbocycles. The van der Waals surface area contributed by atoms with E-state index in [2.05, 4.69) is 26.1 Å². The van der Waals surface area contributed by atoms with Crippen LogP contribution in [0.25, 0.3) is 0 Å². The summed E-state index contributed by atoms with van der Waals surface area (Å²) in [5.74, 6) is 1.79. The Morgan fingerprint density at radius 2 is 2.19 bits per heavy atom. The molecule has 1 heterocycles. The van der Waals surface area contributed by atoms with E-state index in [1.807, 2.05) is 4.90 Å². The van der Waals surface area contributed by atoms with Gasteiger partial charge in [-0.1, -0.05) is 20.8 Å². The molecule has 1 atom stereocenters. The second-order valence-electron chi connectivity index (χ2n) is 5.07. The first kappa shape index (κ1) is 13.5. The topological polar surface area (TPSA) is 32.3 Å². The van der Waals surface area contributed by atoms with Crippen molar-refractivity contribution >= 4 is 5.91 Å². The Morgan fingerprint density at radius 1 is 1.44 bits per heavy atom. The molecule has 1 unspecified atom stereocenters. The summed E-state index contributed by atoms with van der Waals surface area (Å²) in [6, 6.07) is 0. The smallest absolute Gasteiger partial charge is 0.222 e. The third kappa shape index (κ3) is 4.12. The van der Waals surface area contributed by atoms with Gasteiger partial charge in [0.25, 0.3) is 0 Å². The standard InChI is InChI=1S/C13H26N2O/c1-4-14-8-10-15-9-7-12(11(2)3)5-6-13(15)16/h11-12,14H,4-10H2,1-3H3. The maximum atomic E-state index is 11.9. The second kappa shape index (κ2) is 6.89. The highest BCUT2D eigenvalue weighted by Gasteiger charge is 2.23. The van der Waals surface area contributed by atoms with E-state index in [1.165, 1.54) is 6.42 Å². The fraction of sp³-hybridized carbons (Fsp3) is 0.923. The number of amides is 1. The highest BCUT2D eigenvalue weighted by molar-refractivity contribution is 5.76. The second-order valence-corrected chi connectivity index (χ2v) is 5.07. The van der Waals surface area contributed by atoms with E-state index in [9.17, 15) is 4.79 Å². The fourth-order valence-electron chi connectivity index (χ4n) is 2.35. The third-order valence-electron chi connectivity index (χ3n) is 3.60. The lowest BCUT2D eigenvalue weighted by atomic mass is 9.89. The average Bonchev–Trinajstić information content (AvgIpc) is 2.42. The van der Waals surface area contributed by atoms with Gasteiger partial charge in [0, 0.05) is 26.1 Å². The number of likely N-dealkylation sites (N-methyl/N-ethyl adjacent to an activating group) is 1. The molecule has 0 aromatic rings. The number of rotatable bonds is 5. The predicted molar refractivity (Wildman–Crippen MR) is 67.3 cm³/mol. The van der Waals surface area contributed by atoms with Crippen LogP contribution in [0.5, 0.6) is 0 Å². The van der Waals surface area contributed by atoms with Crippen molar-refractivity contribution in [3.05, 3.63) is 0 Å². The predicted octanol–water partition coefficient (Wildman–Crippen LogP) is 1.88.